The number of benzene rings is 1. The molecule has 0 bridgehead atoms. The third kappa shape index (κ3) is 2.95. The molecule has 116 valence electrons. The molecule has 1 fully saturated rings. The number of aromatic amines is 1. The van der Waals surface area contributed by atoms with Crippen LogP contribution in [0.1, 0.15) is 24.6 Å². The third-order valence-electron chi connectivity index (χ3n) is 4.32. The van der Waals surface area contributed by atoms with Gasteiger partial charge in [0.15, 0.2) is 5.82 Å². The van der Waals surface area contributed by atoms with Crippen molar-refractivity contribution < 1.29 is 0 Å². The number of imidazole rings is 1. The molecule has 0 radical (unpaired) electrons. The summed E-state index contributed by atoms with van der Waals surface area (Å²) in [5.74, 6) is 3.29. The van der Waals surface area contributed by atoms with Crippen molar-refractivity contribution in [2.24, 2.45) is 0 Å². The maximum Gasteiger partial charge on any atom is 0.161 e. The van der Waals surface area contributed by atoms with Crippen molar-refractivity contribution in [1.29, 1.82) is 0 Å². The van der Waals surface area contributed by atoms with Crippen molar-refractivity contribution in [2.75, 3.05) is 18.0 Å². The highest BCUT2D eigenvalue weighted by Crippen LogP contribution is 2.28. The predicted octanol–water partition coefficient (Wildman–Crippen LogP) is 3.25. The Balaban J connectivity index is 1.58. The van der Waals surface area contributed by atoms with Gasteiger partial charge in [-0.3, -0.25) is 0 Å². The second-order valence-corrected chi connectivity index (χ2v) is 5.86. The minimum absolute atomic E-state index is 0.439. The van der Waals surface area contributed by atoms with Crippen LogP contribution in [0.15, 0.2) is 55.0 Å². The van der Waals surface area contributed by atoms with Crippen LogP contribution in [0.25, 0.3) is 11.4 Å². The summed E-state index contributed by atoms with van der Waals surface area (Å²) < 4.78 is 0. The number of piperidine rings is 1. The molecule has 5 heteroatoms. The minimum atomic E-state index is 0.439. The van der Waals surface area contributed by atoms with E-state index in [4.69, 9.17) is 4.98 Å². The van der Waals surface area contributed by atoms with Gasteiger partial charge in [0.1, 0.15) is 11.6 Å². The van der Waals surface area contributed by atoms with Crippen molar-refractivity contribution in [3.8, 4) is 11.4 Å². The van der Waals surface area contributed by atoms with Crippen molar-refractivity contribution in [2.45, 2.75) is 18.8 Å². The number of anilines is 1. The summed E-state index contributed by atoms with van der Waals surface area (Å²) in [6.45, 7) is 1.97. The molecule has 23 heavy (non-hydrogen) atoms. The molecule has 3 heterocycles. The molecular weight excluding hydrogens is 286 g/mol. The highest BCUT2D eigenvalue weighted by molar-refractivity contribution is 5.57. The molecule has 0 amide bonds. The van der Waals surface area contributed by atoms with Gasteiger partial charge >= 0.3 is 0 Å². The maximum atomic E-state index is 4.77. The number of hydrogen-bond donors (Lipinski definition) is 1. The SMILES string of the molecule is c1ccc(-c2nccc(N3CCC[C@@H](c4ncc[nH]4)C3)n2)cc1. The van der Waals surface area contributed by atoms with Gasteiger partial charge in [0.2, 0.25) is 0 Å². The summed E-state index contributed by atoms with van der Waals surface area (Å²) in [6.07, 6.45) is 7.89. The van der Waals surface area contributed by atoms with Crippen LogP contribution in [0.2, 0.25) is 0 Å². The number of hydrogen-bond acceptors (Lipinski definition) is 4. The quantitative estimate of drug-likeness (QED) is 0.807. The molecule has 1 saturated heterocycles. The largest absolute Gasteiger partial charge is 0.356 e. The average molecular weight is 305 g/mol. The summed E-state index contributed by atoms with van der Waals surface area (Å²) in [5.41, 5.74) is 1.05. The van der Waals surface area contributed by atoms with E-state index in [9.17, 15) is 0 Å². The molecule has 1 atom stereocenters. The van der Waals surface area contributed by atoms with Crippen LogP contribution in [0.5, 0.6) is 0 Å². The number of aromatic nitrogens is 4. The lowest BCUT2D eigenvalue weighted by Crippen LogP contribution is -2.35. The first-order valence-corrected chi connectivity index (χ1v) is 8.03. The Morgan fingerprint density at radius 1 is 1.04 bits per heavy atom. The van der Waals surface area contributed by atoms with E-state index >= 15 is 0 Å². The zero-order valence-electron chi connectivity index (χ0n) is 12.9. The monoisotopic (exact) mass is 305 g/mol. The van der Waals surface area contributed by atoms with Crippen LogP contribution in [0, 0.1) is 0 Å². The Bertz CT molecular complexity index is 754. The van der Waals surface area contributed by atoms with Crippen LogP contribution >= 0.6 is 0 Å². The Hall–Kier alpha value is -2.69. The summed E-state index contributed by atoms with van der Waals surface area (Å²) in [6, 6.07) is 12.1. The lowest BCUT2D eigenvalue weighted by Gasteiger charge is -2.32. The first kappa shape index (κ1) is 13.9. The van der Waals surface area contributed by atoms with E-state index in [0.29, 0.717) is 5.92 Å². The van der Waals surface area contributed by atoms with Gasteiger partial charge in [-0.2, -0.15) is 0 Å². The maximum absolute atomic E-state index is 4.77. The van der Waals surface area contributed by atoms with E-state index in [-0.39, 0.29) is 0 Å². The Kier molecular flexibility index (Phi) is 3.76. The summed E-state index contributed by atoms with van der Waals surface area (Å²) >= 11 is 0. The predicted molar refractivity (Wildman–Crippen MR) is 90.2 cm³/mol. The number of rotatable bonds is 3. The lowest BCUT2D eigenvalue weighted by atomic mass is 9.97. The molecule has 1 aliphatic heterocycles. The highest BCUT2D eigenvalue weighted by atomic mass is 15.2. The van der Waals surface area contributed by atoms with E-state index in [2.05, 4.69) is 19.9 Å². The number of H-pyrrole nitrogens is 1. The van der Waals surface area contributed by atoms with Gasteiger partial charge in [-0.15, -0.1) is 0 Å². The van der Waals surface area contributed by atoms with E-state index in [0.717, 1.165) is 42.5 Å². The Labute approximate surface area is 135 Å². The molecule has 0 saturated carbocycles. The number of nitrogens with zero attached hydrogens (tertiary/aromatic N) is 4. The lowest BCUT2D eigenvalue weighted by molar-refractivity contribution is 0.491. The fourth-order valence-corrected chi connectivity index (χ4v) is 3.16. The van der Waals surface area contributed by atoms with Crippen LogP contribution in [0.4, 0.5) is 5.82 Å². The van der Waals surface area contributed by atoms with Crippen LogP contribution in [0.3, 0.4) is 0 Å². The van der Waals surface area contributed by atoms with Crippen molar-refractivity contribution in [3.05, 3.63) is 60.8 Å². The van der Waals surface area contributed by atoms with Gasteiger partial charge in [-0.1, -0.05) is 30.3 Å². The van der Waals surface area contributed by atoms with Crippen LogP contribution in [-0.2, 0) is 0 Å². The van der Waals surface area contributed by atoms with Crippen LogP contribution < -0.4 is 4.90 Å². The molecular formula is C18H19N5. The Morgan fingerprint density at radius 2 is 1.96 bits per heavy atom. The van der Waals surface area contributed by atoms with Gasteiger partial charge in [-0.25, -0.2) is 15.0 Å². The van der Waals surface area contributed by atoms with Crippen molar-refractivity contribution in [3.63, 3.8) is 0 Å². The fourth-order valence-electron chi connectivity index (χ4n) is 3.16. The molecule has 0 unspecified atom stereocenters. The molecule has 4 rings (SSSR count). The van der Waals surface area contributed by atoms with Gasteiger partial charge in [0.25, 0.3) is 0 Å². The second kappa shape index (κ2) is 6.20. The first-order valence-electron chi connectivity index (χ1n) is 8.03. The molecule has 1 N–H and O–H groups in total. The average Bonchev–Trinajstić information content (AvgIpc) is 3.18. The van der Waals surface area contributed by atoms with E-state index in [1.54, 1.807) is 0 Å². The summed E-state index contributed by atoms with van der Waals surface area (Å²) in [7, 11) is 0. The first-order chi connectivity index (χ1) is 11.4. The van der Waals surface area contributed by atoms with Crippen molar-refractivity contribution in [1.82, 2.24) is 19.9 Å². The molecule has 0 spiro atoms. The third-order valence-corrected chi connectivity index (χ3v) is 4.32. The molecule has 5 nitrogen and oxygen atoms in total. The van der Waals surface area contributed by atoms with E-state index in [1.807, 2.05) is 55.0 Å². The zero-order valence-corrected chi connectivity index (χ0v) is 12.9. The van der Waals surface area contributed by atoms with Gasteiger partial charge < -0.3 is 9.88 Å². The molecule has 3 aromatic rings. The number of nitrogens with one attached hydrogen (secondary N) is 1. The Morgan fingerprint density at radius 3 is 2.78 bits per heavy atom. The molecule has 1 aliphatic rings. The van der Waals surface area contributed by atoms with Gasteiger partial charge in [0.05, 0.1) is 0 Å². The molecule has 1 aromatic carbocycles. The fraction of sp³-hybridized carbons (Fsp3) is 0.278. The zero-order chi connectivity index (χ0) is 15.5. The minimum Gasteiger partial charge on any atom is -0.356 e. The standard InChI is InChI=1S/C18H19N5/c1-2-5-14(6-3-1)18-19-9-8-16(22-18)23-12-4-7-15(13-23)17-20-10-11-21-17/h1-3,5-6,8-11,15H,4,7,12-13H2,(H,20,21)/t15-/m1/s1. The normalized spacial score (nSPS) is 18.1. The summed E-state index contributed by atoms with van der Waals surface area (Å²) in [4.78, 5) is 19.2. The smallest absolute Gasteiger partial charge is 0.161 e. The second-order valence-electron chi connectivity index (χ2n) is 5.86. The van der Waals surface area contributed by atoms with Crippen molar-refractivity contribution >= 4 is 5.82 Å². The highest BCUT2D eigenvalue weighted by Gasteiger charge is 2.24. The van der Waals surface area contributed by atoms with E-state index in [1.165, 1.54) is 6.42 Å². The van der Waals surface area contributed by atoms with Gasteiger partial charge in [-0.05, 0) is 18.9 Å². The van der Waals surface area contributed by atoms with E-state index < -0.39 is 0 Å². The summed E-state index contributed by atoms with van der Waals surface area (Å²) in [5, 5.41) is 0. The molecule has 2 aromatic heterocycles. The topological polar surface area (TPSA) is 57.7 Å². The van der Waals surface area contributed by atoms with Gasteiger partial charge in [0, 0.05) is 43.2 Å². The van der Waals surface area contributed by atoms with Crippen LogP contribution in [-0.4, -0.2) is 33.0 Å². The molecule has 0 aliphatic carbocycles.